The van der Waals surface area contributed by atoms with Crippen LogP contribution in [0.3, 0.4) is 0 Å². The van der Waals surface area contributed by atoms with E-state index in [1.54, 1.807) is 18.7 Å². The SMILES string of the molecule is CC.CC(=O)[C@@H]1OC(C)(C)O[C@H]1C(=O)N1CCCC1c1cccc(Cl)c1. The molecule has 1 aromatic carbocycles. The van der Waals surface area contributed by atoms with Crippen LogP contribution < -0.4 is 0 Å². The molecule has 2 saturated heterocycles. The summed E-state index contributed by atoms with van der Waals surface area (Å²) in [6.45, 7) is 9.50. The minimum absolute atomic E-state index is 0.0453. The van der Waals surface area contributed by atoms with Crippen molar-refractivity contribution in [2.75, 3.05) is 6.54 Å². The third-order valence-corrected chi connectivity index (χ3v) is 4.75. The Kier molecular flexibility index (Phi) is 6.83. The average Bonchev–Trinajstić information content (AvgIpc) is 3.20. The Labute approximate surface area is 160 Å². The molecule has 5 nitrogen and oxygen atoms in total. The first-order chi connectivity index (χ1) is 12.3. The third-order valence-electron chi connectivity index (χ3n) is 4.51. The largest absolute Gasteiger partial charge is 0.336 e. The molecule has 0 radical (unpaired) electrons. The molecule has 0 N–H and O–H groups in total. The first kappa shape index (κ1) is 20.9. The minimum Gasteiger partial charge on any atom is -0.336 e. The summed E-state index contributed by atoms with van der Waals surface area (Å²) in [7, 11) is 0. The summed E-state index contributed by atoms with van der Waals surface area (Å²) < 4.78 is 11.4. The zero-order valence-corrected chi connectivity index (χ0v) is 16.9. The Balaban J connectivity index is 0.00000117. The van der Waals surface area contributed by atoms with Crippen LogP contribution in [-0.4, -0.2) is 41.1 Å². The van der Waals surface area contributed by atoms with Gasteiger partial charge in [-0.15, -0.1) is 0 Å². The minimum atomic E-state index is -0.943. The molecule has 0 bridgehead atoms. The van der Waals surface area contributed by atoms with Gasteiger partial charge in [0.25, 0.3) is 5.91 Å². The van der Waals surface area contributed by atoms with Gasteiger partial charge in [-0.1, -0.05) is 37.6 Å². The number of likely N-dealkylation sites (tertiary alicyclic amines) is 1. The van der Waals surface area contributed by atoms with E-state index in [4.69, 9.17) is 21.1 Å². The predicted molar refractivity (Wildman–Crippen MR) is 101 cm³/mol. The Morgan fingerprint density at radius 2 is 1.85 bits per heavy atom. The standard InChI is InChI=1S/C18H22ClNO4.C2H6/c1-11(21)15-16(24-18(2,3)23-15)17(22)20-9-5-8-14(20)12-6-4-7-13(19)10-12;1-2/h4,6-7,10,14-16H,5,8-9H2,1-3H3;1-2H3/t14?,15-,16+;/m0./s1. The number of carbonyl (C=O) groups excluding carboxylic acids is 2. The van der Waals surface area contributed by atoms with Crippen molar-refractivity contribution in [2.45, 2.75) is 71.5 Å². The highest BCUT2D eigenvalue weighted by Gasteiger charge is 2.50. The molecular weight excluding hydrogens is 354 g/mol. The van der Waals surface area contributed by atoms with E-state index in [9.17, 15) is 9.59 Å². The van der Waals surface area contributed by atoms with Gasteiger partial charge in [0.05, 0.1) is 6.04 Å². The van der Waals surface area contributed by atoms with E-state index < -0.39 is 18.0 Å². The van der Waals surface area contributed by atoms with Gasteiger partial charge >= 0.3 is 0 Å². The summed E-state index contributed by atoms with van der Waals surface area (Å²) in [5, 5.41) is 0.648. The number of nitrogens with zero attached hydrogens (tertiary/aromatic N) is 1. The molecule has 2 heterocycles. The average molecular weight is 382 g/mol. The van der Waals surface area contributed by atoms with Crippen LogP contribution in [0.15, 0.2) is 24.3 Å². The zero-order chi connectivity index (χ0) is 19.5. The second-order valence-corrected chi connectivity index (χ2v) is 7.27. The molecule has 0 saturated carbocycles. The number of Topliss-reactive ketones (excluding diaryl/α,β-unsaturated/α-hetero) is 1. The maximum absolute atomic E-state index is 13.1. The molecule has 6 heteroatoms. The Morgan fingerprint density at radius 1 is 1.19 bits per heavy atom. The Hall–Kier alpha value is -1.43. The van der Waals surface area contributed by atoms with Crippen LogP contribution in [0.1, 0.15) is 59.1 Å². The fourth-order valence-electron chi connectivity index (χ4n) is 3.49. The summed E-state index contributed by atoms with van der Waals surface area (Å²) in [6.07, 6.45) is 0.0312. The highest BCUT2D eigenvalue weighted by molar-refractivity contribution is 6.30. The van der Waals surface area contributed by atoms with Crippen LogP contribution in [0.4, 0.5) is 0 Å². The fourth-order valence-corrected chi connectivity index (χ4v) is 3.69. The fraction of sp³-hybridized carbons (Fsp3) is 0.600. The molecule has 1 amide bonds. The first-order valence-corrected chi connectivity index (χ1v) is 9.58. The highest BCUT2D eigenvalue weighted by atomic mass is 35.5. The molecule has 2 aliphatic heterocycles. The van der Waals surface area contributed by atoms with Crippen LogP contribution in [0.2, 0.25) is 5.02 Å². The summed E-state index contributed by atoms with van der Waals surface area (Å²) in [5.74, 6) is -1.33. The number of ether oxygens (including phenoxy) is 2. The number of halogens is 1. The molecule has 2 fully saturated rings. The van der Waals surface area contributed by atoms with Gasteiger partial charge in [-0.2, -0.15) is 0 Å². The lowest BCUT2D eigenvalue weighted by molar-refractivity contribution is -0.163. The number of rotatable bonds is 3. The quantitative estimate of drug-likeness (QED) is 0.789. The van der Waals surface area contributed by atoms with Gasteiger partial charge < -0.3 is 14.4 Å². The van der Waals surface area contributed by atoms with Crippen molar-refractivity contribution >= 4 is 23.3 Å². The molecule has 3 rings (SSSR count). The smallest absolute Gasteiger partial charge is 0.255 e. The number of carbonyl (C=O) groups is 2. The molecule has 2 aliphatic rings. The Bertz CT molecular complexity index is 661. The van der Waals surface area contributed by atoms with Gasteiger partial charge in [0, 0.05) is 11.6 Å². The molecule has 1 aromatic rings. The van der Waals surface area contributed by atoms with Crippen molar-refractivity contribution in [1.29, 1.82) is 0 Å². The molecule has 3 atom stereocenters. The maximum Gasteiger partial charge on any atom is 0.255 e. The molecular formula is C20H28ClNO4. The normalized spacial score (nSPS) is 27.0. The van der Waals surface area contributed by atoms with Crippen molar-refractivity contribution < 1.29 is 19.1 Å². The lowest BCUT2D eigenvalue weighted by Crippen LogP contribution is -2.45. The van der Waals surface area contributed by atoms with Crippen molar-refractivity contribution in [1.82, 2.24) is 4.90 Å². The third kappa shape index (κ3) is 4.45. The van der Waals surface area contributed by atoms with E-state index in [-0.39, 0.29) is 17.7 Å². The van der Waals surface area contributed by atoms with Crippen LogP contribution in [-0.2, 0) is 19.1 Å². The predicted octanol–water partition coefficient (Wildman–Crippen LogP) is 4.14. The highest BCUT2D eigenvalue weighted by Crippen LogP contribution is 2.37. The van der Waals surface area contributed by atoms with Crippen LogP contribution in [0, 0.1) is 0 Å². The lowest BCUT2D eigenvalue weighted by atomic mass is 10.0. The molecule has 1 unspecified atom stereocenters. The molecule has 0 spiro atoms. The van der Waals surface area contributed by atoms with Crippen LogP contribution >= 0.6 is 11.6 Å². The van der Waals surface area contributed by atoms with Crippen molar-refractivity contribution in [2.24, 2.45) is 0 Å². The first-order valence-electron chi connectivity index (χ1n) is 9.20. The number of ketones is 1. The number of hydrogen-bond acceptors (Lipinski definition) is 4. The van der Waals surface area contributed by atoms with E-state index >= 15 is 0 Å². The van der Waals surface area contributed by atoms with E-state index in [1.807, 2.05) is 38.1 Å². The number of benzene rings is 1. The summed E-state index contributed by atoms with van der Waals surface area (Å²) in [6, 6.07) is 7.51. The van der Waals surface area contributed by atoms with Gasteiger partial charge in [0.1, 0.15) is 0 Å². The van der Waals surface area contributed by atoms with Gasteiger partial charge in [-0.25, -0.2) is 0 Å². The van der Waals surface area contributed by atoms with Crippen LogP contribution in [0.25, 0.3) is 0 Å². The van der Waals surface area contributed by atoms with Crippen LogP contribution in [0.5, 0.6) is 0 Å². The second kappa shape index (κ2) is 8.51. The van der Waals surface area contributed by atoms with Gasteiger partial charge in [-0.05, 0) is 51.3 Å². The maximum atomic E-state index is 13.1. The van der Waals surface area contributed by atoms with Gasteiger partial charge in [-0.3, -0.25) is 9.59 Å². The molecule has 0 aromatic heterocycles. The number of amides is 1. The summed E-state index contributed by atoms with van der Waals surface area (Å²) >= 11 is 6.09. The molecule has 0 aliphatic carbocycles. The van der Waals surface area contributed by atoms with E-state index in [0.717, 1.165) is 18.4 Å². The topological polar surface area (TPSA) is 55.8 Å². The van der Waals surface area contributed by atoms with E-state index in [0.29, 0.717) is 11.6 Å². The Morgan fingerprint density at radius 3 is 2.46 bits per heavy atom. The van der Waals surface area contributed by atoms with E-state index in [1.165, 1.54) is 6.92 Å². The van der Waals surface area contributed by atoms with Crippen molar-refractivity contribution in [3.8, 4) is 0 Å². The van der Waals surface area contributed by atoms with Gasteiger partial charge in [0.2, 0.25) is 0 Å². The summed E-state index contributed by atoms with van der Waals surface area (Å²) in [5.41, 5.74) is 1.01. The summed E-state index contributed by atoms with van der Waals surface area (Å²) in [4.78, 5) is 26.7. The zero-order valence-electron chi connectivity index (χ0n) is 16.1. The number of hydrogen-bond donors (Lipinski definition) is 0. The monoisotopic (exact) mass is 381 g/mol. The van der Waals surface area contributed by atoms with E-state index in [2.05, 4.69) is 0 Å². The molecule has 144 valence electrons. The van der Waals surface area contributed by atoms with Crippen molar-refractivity contribution in [3.63, 3.8) is 0 Å². The second-order valence-electron chi connectivity index (χ2n) is 6.83. The van der Waals surface area contributed by atoms with Crippen molar-refractivity contribution in [3.05, 3.63) is 34.9 Å². The molecule has 26 heavy (non-hydrogen) atoms. The van der Waals surface area contributed by atoms with Gasteiger partial charge in [0.15, 0.2) is 23.8 Å². The lowest BCUT2D eigenvalue weighted by Gasteiger charge is -2.28.